The number of aliphatic hydroxyl groups is 1. The van der Waals surface area contributed by atoms with Crippen LogP contribution in [0.5, 0.6) is 0 Å². The molecule has 2 aromatic rings. The SMILES string of the molecule is CC(CCO)CNC(=O)c1ccccc1SCc1cccs1. The fourth-order valence-corrected chi connectivity index (χ4v) is 3.83. The van der Waals surface area contributed by atoms with E-state index in [0.717, 1.165) is 16.2 Å². The highest BCUT2D eigenvalue weighted by Gasteiger charge is 2.12. The molecule has 0 bridgehead atoms. The lowest BCUT2D eigenvalue weighted by molar-refractivity contribution is 0.0942. The molecule has 0 fully saturated rings. The maximum atomic E-state index is 12.4. The normalized spacial score (nSPS) is 12.1. The van der Waals surface area contributed by atoms with Crippen molar-refractivity contribution >= 4 is 29.0 Å². The first-order chi connectivity index (χ1) is 10.7. The first-order valence-corrected chi connectivity index (χ1v) is 9.20. The highest BCUT2D eigenvalue weighted by molar-refractivity contribution is 7.98. The first-order valence-electron chi connectivity index (χ1n) is 7.34. The number of carbonyl (C=O) groups is 1. The second-order valence-electron chi connectivity index (χ2n) is 5.19. The van der Waals surface area contributed by atoms with E-state index in [1.807, 2.05) is 37.3 Å². The zero-order valence-corrected chi connectivity index (χ0v) is 14.3. The van der Waals surface area contributed by atoms with Crippen LogP contribution in [0.2, 0.25) is 0 Å². The molecule has 3 nitrogen and oxygen atoms in total. The van der Waals surface area contributed by atoms with Crippen LogP contribution in [-0.4, -0.2) is 24.2 Å². The van der Waals surface area contributed by atoms with Gasteiger partial charge in [0.25, 0.3) is 5.91 Å². The number of nitrogens with one attached hydrogen (secondary N) is 1. The van der Waals surface area contributed by atoms with Crippen LogP contribution >= 0.6 is 23.1 Å². The lowest BCUT2D eigenvalue weighted by atomic mass is 10.1. The lowest BCUT2D eigenvalue weighted by Gasteiger charge is -2.13. The predicted molar refractivity (Wildman–Crippen MR) is 93.5 cm³/mol. The number of hydrogen-bond donors (Lipinski definition) is 2. The van der Waals surface area contributed by atoms with Gasteiger partial charge < -0.3 is 10.4 Å². The Morgan fingerprint density at radius 2 is 2.14 bits per heavy atom. The van der Waals surface area contributed by atoms with E-state index in [1.165, 1.54) is 4.88 Å². The van der Waals surface area contributed by atoms with Crippen molar-refractivity contribution in [1.29, 1.82) is 0 Å². The Balaban J connectivity index is 1.96. The van der Waals surface area contributed by atoms with E-state index in [-0.39, 0.29) is 18.4 Å². The quantitative estimate of drug-likeness (QED) is 0.722. The molecule has 22 heavy (non-hydrogen) atoms. The summed E-state index contributed by atoms with van der Waals surface area (Å²) in [6, 6.07) is 11.9. The molecule has 0 saturated heterocycles. The molecule has 118 valence electrons. The van der Waals surface area contributed by atoms with Crippen molar-refractivity contribution in [1.82, 2.24) is 5.32 Å². The molecule has 5 heteroatoms. The van der Waals surface area contributed by atoms with Gasteiger partial charge in [-0.05, 0) is 35.9 Å². The zero-order valence-electron chi connectivity index (χ0n) is 12.6. The molecule has 0 aliphatic rings. The smallest absolute Gasteiger partial charge is 0.252 e. The summed E-state index contributed by atoms with van der Waals surface area (Å²) in [7, 11) is 0. The second kappa shape index (κ2) is 8.98. The Kier molecular flexibility index (Phi) is 6.96. The molecular weight excluding hydrogens is 314 g/mol. The summed E-state index contributed by atoms with van der Waals surface area (Å²) >= 11 is 3.42. The van der Waals surface area contributed by atoms with E-state index >= 15 is 0 Å². The third-order valence-electron chi connectivity index (χ3n) is 3.31. The van der Waals surface area contributed by atoms with Gasteiger partial charge in [0.15, 0.2) is 0 Å². The van der Waals surface area contributed by atoms with Crippen molar-refractivity contribution in [2.24, 2.45) is 5.92 Å². The topological polar surface area (TPSA) is 49.3 Å². The zero-order chi connectivity index (χ0) is 15.8. The third kappa shape index (κ3) is 5.16. The predicted octanol–water partition coefficient (Wildman–Crippen LogP) is 3.79. The van der Waals surface area contributed by atoms with E-state index in [4.69, 9.17) is 5.11 Å². The Labute approximate surface area is 139 Å². The van der Waals surface area contributed by atoms with E-state index in [9.17, 15) is 4.79 Å². The summed E-state index contributed by atoms with van der Waals surface area (Å²) in [6.45, 7) is 2.77. The largest absolute Gasteiger partial charge is 0.396 e. The van der Waals surface area contributed by atoms with Crippen LogP contribution in [0.4, 0.5) is 0 Å². The van der Waals surface area contributed by atoms with Crippen molar-refractivity contribution in [3.05, 3.63) is 52.2 Å². The molecule has 2 N–H and O–H groups in total. The number of aliphatic hydroxyl groups excluding tert-OH is 1. The van der Waals surface area contributed by atoms with E-state index in [0.29, 0.717) is 13.0 Å². The fraction of sp³-hybridized carbons (Fsp3) is 0.353. The Bertz CT molecular complexity index is 584. The Morgan fingerprint density at radius 3 is 2.86 bits per heavy atom. The average Bonchev–Trinajstić information content (AvgIpc) is 3.04. The number of thioether (sulfide) groups is 1. The van der Waals surface area contributed by atoms with Gasteiger partial charge in [-0.3, -0.25) is 4.79 Å². The summed E-state index contributed by atoms with van der Waals surface area (Å²) < 4.78 is 0. The Hall–Kier alpha value is -1.30. The lowest BCUT2D eigenvalue weighted by Crippen LogP contribution is -2.29. The molecule has 1 unspecified atom stereocenters. The monoisotopic (exact) mass is 335 g/mol. The van der Waals surface area contributed by atoms with Gasteiger partial charge in [0.1, 0.15) is 0 Å². The van der Waals surface area contributed by atoms with E-state index in [2.05, 4.69) is 16.8 Å². The number of thiophene rings is 1. The average molecular weight is 335 g/mol. The molecule has 0 saturated carbocycles. The van der Waals surface area contributed by atoms with Crippen molar-refractivity contribution in [3.8, 4) is 0 Å². The summed E-state index contributed by atoms with van der Waals surface area (Å²) in [6.07, 6.45) is 0.703. The van der Waals surface area contributed by atoms with Gasteiger partial charge in [-0.2, -0.15) is 0 Å². The van der Waals surface area contributed by atoms with Gasteiger partial charge in [-0.15, -0.1) is 23.1 Å². The molecule has 1 atom stereocenters. The summed E-state index contributed by atoms with van der Waals surface area (Å²) in [5.74, 6) is 1.11. The van der Waals surface area contributed by atoms with Crippen molar-refractivity contribution < 1.29 is 9.90 Å². The Morgan fingerprint density at radius 1 is 1.32 bits per heavy atom. The molecule has 0 radical (unpaired) electrons. The standard InChI is InChI=1S/C17H21NO2S2/c1-13(8-9-19)11-18-17(20)15-6-2-3-7-16(15)22-12-14-5-4-10-21-14/h2-7,10,13,19H,8-9,11-12H2,1H3,(H,18,20). The summed E-state index contributed by atoms with van der Waals surface area (Å²) in [5.41, 5.74) is 0.722. The van der Waals surface area contributed by atoms with Crippen LogP contribution in [0.3, 0.4) is 0 Å². The summed E-state index contributed by atoms with van der Waals surface area (Å²) in [4.78, 5) is 14.7. The van der Waals surface area contributed by atoms with Crippen molar-refractivity contribution in [2.45, 2.75) is 24.0 Å². The number of hydrogen-bond acceptors (Lipinski definition) is 4. The molecule has 1 amide bonds. The molecule has 1 aromatic carbocycles. The fourth-order valence-electron chi connectivity index (χ4n) is 2.01. The molecule has 0 spiro atoms. The third-order valence-corrected chi connectivity index (χ3v) is 5.50. The van der Waals surface area contributed by atoms with Gasteiger partial charge in [0, 0.05) is 28.7 Å². The number of rotatable bonds is 8. The maximum absolute atomic E-state index is 12.4. The van der Waals surface area contributed by atoms with Gasteiger partial charge in [-0.1, -0.05) is 25.1 Å². The van der Waals surface area contributed by atoms with Gasteiger partial charge in [-0.25, -0.2) is 0 Å². The number of carbonyl (C=O) groups excluding carboxylic acids is 1. The van der Waals surface area contributed by atoms with Crippen LogP contribution in [0.1, 0.15) is 28.6 Å². The van der Waals surface area contributed by atoms with Crippen LogP contribution in [0.25, 0.3) is 0 Å². The highest BCUT2D eigenvalue weighted by Crippen LogP contribution is 2.27. The van der Waals surface area contributed by atoms with Crippen LogP contribution < -0.4 is 5.32 Å². The molecule has 2 rings (SSSR count). The minimum absolute atomic E-state index is 0.0425. The highest BCUT2D eigenvalue weighted by atomic mass is 32.2. The molecule has 1 heterocycles. The van der Waals surface area contributed by atoms with Crippen molar-refractivity contribution in [2.75, 3.05) is 13.2 Å². The van der Waals surface area contributed by atoms with Crippen molar-refractivity contribution in [3.63, 3.8) is 0 Å². The second-order valence-corrected chi connectivity index (χ2v) is 7.24. The minimum Gasteiger partial charge on any atom is -0.396 e. The van der Waals surface area contributed by atoms with Crippen LogP contribution in [0, 0.1) is 5.92 Å². The molecule has 0 aliphatic heterocycles. The van der Waals surface area contributed by atoms with E-state index < -0.39 is 0 Å². The molecular formula is C17H21NO2S2. The van der Waals surface area contributed by atoms with E-state index in [1.54, 1.807) is 23.1 Å². The van der Waals surface area contributed by atoms with Gasteiger partial charge in [0.05, 0.1) is 5.56 Å². The maximum Gasteiger partial charge on any atom is 0.252 e. The minimum atomic E-state index is -0.0425. The van der Waals surface area contributed by atoms with Crippen LogP contribution in [-0.2, 0) is 5.75 Å². The number of amides is 1. The van der Waals surface area contributed by atoms with Gasteiger partial charge >= 0.3 is 0 Å². The van der Waals surface area contributed by atoms with Gasteiger partial charge in [0.2, 0.25) is 0 Å². The number of benzene rings is 1. The molecule has 0 aliphatic carbocycles. The van der Waals surface area contributed by atoms with Crippen LogP contribution in [0.15, 0.2) is 46.7 Å². The summed E-state index contributed by atoms with van der Waals surface area (Å²) in [5, 5.41) is 13.9. The first kappa shape index (κ1) is 17.1. The molecule has 1 aromatic heterocycles.